The van der Waals surface area contributed by atoms with Gasteiger partial charge in [0.1, 0.15) is 11.6 Å². The lowest BCUT2D eigenvalue weighted by Crippen LogP contribution is -2.48. The molecule has 0 N–H and O–H groups in total. The Kier molecular flexibility index (Phi) is 10.7. The molecule has 2 fully saturated rings. The van der Waals surface area contributed by atoms with Gasteiger partial charge in [-0.15, -0.1) is 0 Å². The molecule has 1 heterocycles. The van der Waals surface area contributed by atoms with E-state index in [0.717, 1.165) is 31.0 Å². The summed E-state index contributed by atoms with van der Waals surface area (Å²) >= 11 is 0. The molecule has 0 radical (unpaired) electrons. The minimum atomic E-state index is -3.03. The lowest BCUT2D eigenvalue weighted by molar-refractivity contribution is -0.0512. The fourth-order valence-electron chi connectivity index (χ4n) is 6.36. The topological polar surface area (TPSA) is 42.0 Å². The van der Waals surface area contributed by atoms with Crippen LogP contribution in [-0.2, 0) is 0 Å². The molecular formula is C32H40F4N2O3. The monoisotopic (exact) mass is 576 g/mol. The van der Waals surface area contributed by atoms with Crippen LogP contribution in [-0.4, -0.2) is 61.1 Å². The van der Waals surface area contributed by atoms with E-state index in [1.54, 1.807) is 17.9 Å². The van der Waals surface area contributed by atoms with Crippen LogP contribution in [0, 0.1) is 17.6 Å². The van der Waals surface area contributed by atoms with Crippen LogP contribution in [0.4, 0.5) is 17.6 Å². The second-order valence-electron chi connectivity index (χ2n) is 11.3. The van der Waals surface area contributed by atoms with Crippen molar-refractivity contribution in [1.29, 1.82) is 0 Å². The first-order valence-corrected chi connectivity index (χ1v) is 14.5. The first-order chi connectivity index (χ1) is 19.7. The number of carbonyl (C=O) groups excluding carboxylic acids is 1. The summed E-state index contributed by atoms with van der Waals surface area (Å²) in [6, 6.07) is 8.14. The summed E-state index contributed by atoms with van der Waals surface area (Å²) in [5.41, 5.74) is 1.23. The van der Waals surface area contributed by atoms with Crippen molar-refractivity contribution in [2.24, 2.45) is 5.92 Å². The SMILES string of the molecule is COc1cc(C(=O)N(C/C(C)=C/c2ccc(F)cc2F)CC2CCCN2C(C)C2CCCCC2)ccc1OC(F)F. The van der Waals surface area contributed by atoms with E-state index in [1.807, 2.05) is 0 Å². The highest BCUT2D eigenvalue weighted by Gasteiger charge is 2.35. The summed E-state index contributed by atoms with van der Waals surface area (Å²) in [5, 5.41) is 0. The number of ether oxygens (including phenoxy) is 2. The third kappa shape index (κ3) is 8.03. The lowest BCUT2D eigenvalue weighted by atomic mass is 9.83. The molecule has 1 saturated carbocycles. The Morgan fingerprint density at radius 2 is 1.80 bits per heavy atom. The van der Waals surface area contributed by atoms with Gasteiger partial charge in [-0.2, -0.15) is 8.78 Å². The largest absolute Gasteiger partial charge is 0.493 e. The second-order valence-corrected chi connectivity index (χ2v) is 11.3. The number of rotatable bonds is 11. The second kappa shape index (κ2) is 14.2. The van der Waals surface area contributed by atoms with Gasteiger partial charge < -0.3 is 14.4 Å². The molecule has 4 rings (SSSR count). The molecule has 1 aliphatic heterocycles. The minimum absolute atomic E-state index is 0.0326. The molecule has 0 spiro atoms. The molecule has 5 nitrogen and oxygen atoms in total. The fraction of sp³-hybridized carbons (Fsp3) is 0.531. The average Bonchev–Trinajstić information content (AvgIpc) is 3.42. The molecule has 2 aromatic rings. The number of methoxy groups -OCH3 is 1. The Morgan fingerprint density at radius 3 is 2.49 bits per heavy atom. The van der Waals surface area contributed by atoms with E-state index in [9.17, 15) is 22.4 Å². The molecule has 0 bridgehead atoms. The summed E-state index contributed by atoms with van der Waals surface area (Å²) in [6.07, 6.45) is 9.89. The maximum Gasteiger partial charge on any atom is 0.387 e. The first-order valence-electron chi connectivity index (χ1n) is 14.5. The smallest absolute Gasteiger partial charge is 0.387 e. The van der Waals surface area contributed by atoms with Gasteiger partial charge in [-0.05, 0) is 82.3 Å². The van der Waals surface area contributed by atoms with Crippen LogP contribution in [0.2, 0.25) is 0 Å². The highest BCUT2D eigenvalue weighted by Crippen LogP contribution is 2.34. The fourth-order valence-corrected chi connectivity index (χ4v) is 6.36. The van der Waals surface area contributed by atoms with Crippen LogP contribution in [0.3, 0.4) is 0 Å². The van der Waals surface area contributed by atoms with E-state index >= 15 is 0 Å². The summed E-state index contributed by atoms with van der Waals surface area (Å²) in [5.74, 6) is -1.11. The number of hydrogen-bond acceptors (Lipinski definition) is 4. The van der Waals surface area contributed by atoms with E-state index in [1.165, 1.54) is 69.5 Å². The number of likely N-dealkylation sites (tertiary alicyclic amines) is 1. The van der Waals surface area contributed by atoms with Crippen molar-refractivity contribution in [2.45, 2.75) is 77.5 Å². The maximum atomic E-state index is 14.4. The Labute approximate surface area is 240 Å². The van der Waals surface area contributed by atoms with Gasteiger partial charge in [0.15, 0.2) is 11.5 Å². The Bertz CT molecular complexity index is 1220. The van der Waals surface area contributed by atoms with Crippen LogP contribution in [0.5, 0.6) is 11.5 Å². The summed E-state index contributed by atoms with van der Waals surface area (Å²) in [6.45, 7) is 2.74. The van der Waals surface area contributed by atoms with E-state index in [2.05, 4.69) is 16.6 Å². The van der Waals surface area contributed by atoms with Crippen molar-refractivity contribution in [3.05, 3.63) is 64.7 Å². The average molecular weight is 577 g/mol. The molecule has 2 aromatic carbocycles. The third-order valence-corrected chi connectivity index (χ3v) is 8.43. The quantitative estimate of drug-likeness (QED) is 0.259. The summed E-state index contributed by atoms with van der Waals surface area (Å²) < 4.78 is 63.3. The third-order valence-electron chi connectivity index (χ3n) is 8.43. The molecule has 1 aliphatic carbocycles. The highest BCUT2D eigenvalue weighted by molar-refractivity contribution is 5.95. The zero-order chi connectivity index (χ0) is 29.5. The first kappa shape index (κ1) is 30.9. The molecule has 1 saturated heterocycles. The highest BCUT2D eigenvalue weighted by atomic mass is 19.3. The van der Waals surface area contributed by atoms with Crippen molar-refractivity contribution in [1.82, 2.24) is 9.80 Å². The number of halogens is 4. The summed E-state index contributed by atoms with van der Waals surface area (Å²) in [7, 11) is 1.33. The Hall–Kier alpha value is -3.07. The lowest BCUT2D eigenvalue weighted by Gasteiger charge is -2.39. The van der Waals surface area contributed by atoms with Crippen molar-refractivity contribution in [3.63, 3.8) is 0 Å². The molecule has 1 amide bonds. The molecule has 0 aromatic heterocycles. The molecular weight excluding hydrogens is 536 g/mol. The number of benzene rings is 2. The maximum absolute atomic E-state index is 14.4. The van der Waals surface area contributed by atoms with E-state index in [0.29, 0.717) is 18.5 Å². The van der Waals surface area contributed by atoms with Gasteiger partial charge in [-0.1, -0.05) is 30.9 Å². The Morgan fingerprint density at radius 1 is 1.05 bits per heavy atom. The van der Waals surface area contributed by atoms with Gasteiger partial charge in [-0.3, -0.25) is 9.69 Å². The van der Waals surface area contributed by atoms with E-state index in [4.69, 9.17) is 4.74 Å². The van der Waals surface area contributed by atoms with Crippen LogP contribution in [0.15, 0.2) is 42.0 Å². The van der Waals surface area contributed by atoms with Gasteiger partial charge in [0.05, 0.1) is 7.11 Å². The van der Waals surface area contributed by atoms with Crippen molar-refractivity contribution >= 4 is 12.0 Å². The molecule has 2 atom stereocenters. The number of carbonyl (C=O) groups is 1. The Balaban J connectivity index is 1.60. The zero-order valence-corrected chi connectivity index (χ0v) is 24.1. The van der Waals surface area contributed by atoms with Crippen LogP contribution >= 0.6 is 0 Å². The van der Waals surface area contributed by atoms with Gasteiger partial charge in [0, 0.05) is 42.4 Å². The number of amides is 1. The molecule has 2 unspecified atom stereocenters. The van der Waals surface area contributed by atoms with Crippen molar-refractivity contribution in [2.75, 3.05) is 26.7 Å². The van der Waals surface area contributed by atoms with Gasteiger partial charge in [0.25, 0.3) is 5.91 Å². The number of hydrogen-bond donors (Lipinski definition) is 0. The molecule has 9 heteroatoms. The molecule has 224 valence electrons. The predicted molar refractivity (Wildman–Crippen MR) is 151 cm³/mol. The van der Waals surface area contributed by atoms with Crippen LogP contribution in [0.25, 0.3) is 6.08 Å². The standard InChI is InChI=1S/C32H40F4N2O3/c1-21(16-24-11-13-26(33)18-28(24)34)19-37(31(39)25-12-14-29(41-32(35)36)30(17-25)40-3)20-27-10-7-15-38(27)22(2)23-8-5-4-6-9-23/h11-14,16-18,22-23,27,32H,4-10,15,19-20H2,1-3H3/b21-16+. The van der Waals surface area contributed by atoms with Crippen LogP contribution < -0.4 is 9.47 Å². The van der Waals surface area contributed by atoms with Crippen molar-refractivity contribution in [3.8, 4) is 11.5 Å². The zero-order valence-electron chi connectivity index (χ0n) is 24.1. The van der Waals surface area contributed by atoms with Gasteiger partial charge in [0.2, 0.25) is 0 Å². The number of nitrogens with zero attached hydrogens (tertiary/aromatic N) is 2. The van der Waals surface area contributed by atoms with Crippen LogP contribution in [0.1, 0.15) is 74.7 Å². The normalized spacial score (nSPS) is 19.4. The van der Waals surface area contributed by atoms with E-state index in [-0.39, 0.29) is 41.1 Å². The molecule has 41 heavy (non-hydrogen) atoms. The molecule has 2 aliphatic rings. The van der Waals surface area contributed by atoms with E-state index < -0.39 is 18.2 Å². The van der Waals surface area contributed by atoms with Gasteiger partial charge in [-0.25, -0.2) is 8.78 Å². The predicted octanol–water partition coefficient (Wildman–Crippen LogP) is 7.55. The van der Waals surface area contributed by atoms with Gasteiger partial charge >= 0.3 is 6.61 Å². The van der Waals surface area contributed by atoms with Crippen molar-refractivity contribution < 1.29 is 31.8 Å². The number of alkyl halides is 2. The minimum Gasteiger partial charge on any atom is -0.493 e. The summed E-state index contributed by atoms with van der Waals surface area (Å²) in [4.78, 5) is 18.2.